The molecule has 0 spiro atoms. The first kappa shape index (κ1) is 16.7. The molecule has 0 bridgehead atoms. The minimum atomic E-state index is -3.65. The monoisotopic (exact) mass is 363 g/mol. The first-order valence-corrected chi connectivity index (χ1v) is 9.76. The van der Waals surface area contributed by atoms with Gasteiger partial charge < -0.3 is 4.42 Å². The average Bonchev–Trinajstić information content (AvgIpc) is 3.19. The number of rotatable bonds is 5. The molecule has 0 saturated heterocycles. The Kier molecular flexibility index (Phi) is 4.42. The van der Waals surface area contributed by atoms with E-state index in [0.29, 0.717) is 29.5 Å². The maximum Gasteiger partial charge on any atom is 0.271 e. The van der Waals surface area contributed by atoms with Crippen LogP contribution in [-0.2, 0) is 16.4 Å². The van der Waals surface area contributed by atoms with E-state index in [-0.39, 0.29) is 4.21 Å². The number of nitrogens with one attached hydrogen (secondary N) is 1. The molecule has 3 aromatic rings. The second-order valence-corrected chi connectivity index (χ2v) is 8.23. The summed E-state index contributed by atoms with van der Waals surface area (Å²) in [6, 6.07) is 6.99. The zero-order valence-electron chi connectivity index (χ0n) is 13.5. The molecule has 3 rings (SSSR count). The number of aromatic nitrogens is 2. The van der Waals surface area contributed by atoms with Gasteiger partial charge in [-0.05, 0) is 43.2 Å². The molecule has 0 aliphatic rings. The van der Waals surface area contributed by atoms with Crippen LogP contribution in [0, 0.1) is 13.8 Å². The van der Waals surface area contributed by atoms with Gasteiger partial charge >= 0.3 is 0 Å². The van der Waals surface area contributed by atoms with Gasteiger partial charge in [-0.1, -0.05) is 13.0 Å². The van der Waals surface area contributed by atoms with Crippen molar-refractivity contribution < 1.29 is 12.8 Å². The van der Waals surface area contributed by atoms with Crippen molar-refractivity contribution >= 4 is 27.0 Å². The third-order valence-corrected chi connectivity index (χ3v) is 6.44. The molecule has 0 aliphatic carbocycles. The Morgan fingerprint density at radius 3 is 2.62 bits per heavy atom. The number of benzene rings is 1. The predicted octanol–water partition coefficient (Wildman–Crippen LogP) is 3.78. The van der Waals surface area contributed by atoms with E-state index in [0.717, 1.165) is 22.5 Å². The molecule has 0 atom stereocenters. The number of thiophene rings is 1. The van der Waals surface area contributed by atoms with Crippen molar-refractivity contribution in [2.24, 2.45) is 0 Å². The van der Waals surface area contributed by atoms with Gasteiger partial charge in [0.2, 0.25) is 11.8 Å². The third kappa shape index (κ3) is 3.34. The summed E-state index contributed by atoms with van der Waals surface area (Å²) in [6.45, 7) is 5.83. The maximum absolute atomic E-state index is 12.5. The molecule has 126 valence electrons. The molecule has 1 N–H and O–H groups in total. The molecule has 6 nitrogen and oxygen atoms in total. The zero-order chi connectivity index (χ0) is 17.3. The van der Waals surface area contributed by atoms with Crippen LogP contribution in [0.15, 0.2) is 38.3 Å². The van der Waals surface area contributed by atoms with Crippen LogP contribution in [0.25, 0.3) is 11.5 Å². The van der Waals surface area contributed by atoms with Crippen LogP contribution in [0.5, 0.6) is 0 Å². The van der Waals surface area contributed by atoms with Gasteiger partial charge in [0, 0.05) is 17.5 Å². The van der Waals surface area contributed by atoms with Crippen molar-refractivity contribution in [3.8, 4) is 11.5 Å². The van der Waals surface area contributed by atoms with Crippen LogP contribution < -0.4 is 4.72 Å². The minimum Gasteiger partial charge on any atom is -0.421 e. The third-order valence-electron chi connectivity index (χ3n) is 3.62. The number of anilines is 1. The first-order valence-electron chi connectivity index (χ1n) is 7.40. The lowest BCUT2D eigenvalue weighted by atomic mass is 10.1. The summed E-state index contributed by atoms with van der Waals surface area (Å²) >= 11 is 1.12. The van der Waals surface area contributed by atoms with E-state index >= 15 is 0 Å². The molecule has 1 aromatic carbocycles. The second-order valence-electron chi connectivity index (χ2n) is 5.41. The van der Waals surface area contributed by atoms with Gasteiger partial charge in [-0.15, -0.1) is 21.5 Å². The summed E-state index contributed by atoms with van der Waals surface area (Å²) in [4.78, 5) is 0. The largest absolute Gasteiger partial charge is 0.421 e. The van der Waals surface area contributed by atoms with E-state index in [1.807, 2.05) is 32.9 Å². The van der Waals surface area contributed by atoms with Gasteiger partial charge in [0.15, 0.2) is 0 Å². The highest BCUT2D eigenvalue weighted by Gasteiger charge is 2.19. The second kappa shape index (κ2) is 6.37. The van der Waals surface area contributed by atoms with Crippen LogP contribution >= 0.6 is 11.3 Å². The lowest BCUT2D eigenvalue weighted by Crippen LogP contribution is -2.11. The van der Waals surface area contributed by atoms with Crippen LogP contribution in [0.2, 0.25) is 0 Å². The van der Waals surface area contributed by atoms with E-state index in [1.165, 1.54) is 0 Å². The SMILES string of the molecule is CCc1nnc(-c2csc(S(=O)(=O)Nc3ccc(C)c(C)c3)c2)o1. The minimum absolute atomic E-state index is 0.201. The Bertz CT molecular complexity index is 974. The fraction of sp³-hybridized carbons (Fsp3) is 0.250. The quantitative estimate of drug-likeness (QED) is 0.746. The summed E-state index contributed by atoms with van der Waals surface area (Å²) < 4.78 is 33.3. The topological polar surface area (TPSA) is 85.1 Å². The summed E-state index contributed by atoms with van der Waals surface area (Å²) in [5, 5.41) is 9.52. The van der Waals surface area contributed by atoms with Crippen LogP contribution in [0.4, 0.5) is 5.69 Å². The summed E-state index contributed by atoms with van der Waals surface area (Å²) in [7, 11) is -3.65. The van der Waals surface area contributed by atoms with E-state index in [9.17, 15) is 8.42 Å². The van der Waals surface area contributed by atoms with Gasteiger partial charge in [-0.2, -0.15) is 0 Å². The van der Waals surface area contributed by atoms with Crippen molar-refractivity contribution in [3.05, 3.63) is 46.7 Å². The Hall–Kier alpha value is -2.19. The summed E-state index contributed by atoms with van der Waals surface area (Å²) in [5.74, 6) is 0.851. The Morgan fingerprint density at radius 1 is 1.17 bits per heavy atom. The van der Waals surface area contributed by atoms with Gasteiger partial charge in [0.25, 0.3) is 10.0 Å². The lowest BCUT2D eigenvalue weighted by molar-refractivity contribution is 0.513. The standard InChI is InChI=1S/C16H17N3O3S2/c1-4-14-17-18-16(22-14)12-8-15(23-9-12)24(20,21)19-13-6-5-10(2)11(3)7-13/h5-9,19H,4H2,1-3H3. The molecule has 0 amide bonds. The van der Waals surface area contributed by atoms with Crippen molar-refractivity contribution in [3.63, 3.8) is 0 Å². The van der Waals surface area contributed by atoms with E-state index < -0.39 is 10.0 Å². The molecule has 0 unspecified atom stereocenters. The van der Waals surface area contributed by atoms with E-state index in [1.54, 1.807) is 17.5 Å². The Balaban J connectivity index is 1.86. The van der Waals surface area contributed by atoms with Crippen LogP contribution in [0.3, 0.4) is 0 Å². The smallest absolute Gasteiger partial charge is 0.271 e. The first-order chi connectivity index (χ1) is 11.4. The predicted molar refractivity (Wildman–Crippen MR) is 93.7 cm³/mol. The van der Waals surface area contributed by atoms with Crippen molar-refractivity contribution in [2.45, 2.75) is 31.4 Å². The summed E-state index contributed by atoms with van der Waals surface area (Å²) in [5.41, 5.74) is 3.28. The summed E-state index contributed by atoms with van der Waals surface area (Å²) in [6.07, 6.45) is 0.636. The molecule has 0 fully saturated rings. The van der Waals surface area contributed by atoms with E-state index in [2.05, 4.69) is 14.9 Å². The van der Waals surface area contributed by atoms with Crippen LogP contribution in [-0.4, -0.2) is 18.6 Å². The van der Waals surface area contributed by atoms with Crippen molar-refractivity contribution in [1.29, 1.82) is 0 Å². The molecule has 2 heterocycles. The fourth-order valence-electron chi connectivity index (χ4n) is 2.09. The van der Waals surface area contributed by atoms with Crippen molar-refractivity contribution in [1.82, 2.24) is 10.2 Å². The highest BCUT2D eigenvalue weighted by molar-refractivity contribution is 7.94. The molecule has 0 radical (unpaired) electrons. The molecule has 0 aliphatic heterocycles. The average molecular weight is 363 g/mol. The maximum atomic E-state index is 12.5. The molecule has 24 heavy (non-hydrogen) atoms. The molecule has 8 heteroatoms. The fourth-order valence-corrected chi connectivity index (χ4v) is 4.30. The van der Waals surface area contributed by atoms with Gasteiger partial charge in [0.1, 0.15) is 4.21 Å². The highest BCUT2D eigenvalue weighted by atomic mass is 32.2. The zero-order valence-corrected chi connectivity index (χ0v) is 15.2. The Morgan fingerprint density at radius 2 is 1.96 bits per heavy atom. The van der Waals surface area contributed by atoms with Gasteiger partial charge in [-0.25, -0.2) is 8.42 Å². The van der Waals surface area contributed by atoms with Crippen molar-refractivity contribution in [2.75, 3.05) is 4.72 Å². The lowest BCUT2D eigenvalue weighted by Gasteiger charge is -2.08. The Labute approximate surface area is 144 Å². The van der Waals surface area contributed by atoms with Crippen LogP contribution in [0.1, 0.15) is 23.9 Å². The number of hydrogen-bond donors (Lipinski definition) is 1. The van der Waals surface area contributed by atoms with Gasteiger partial charge in [0.05, 0.1) is 5.56 Å². The van der Waals surface area contributed by atoms with E-state index in [4.69, 9.17) is 4.42 Å². The molecule has 0 saturated carbocycles. The van der Waals surface area contributed by atoms with Gasteiger partial charge in [-0.3, -0.25) is 4.72 Å². The molecular weight excluding hydrogens is 346 g/mol. The number of sulfonamides is 1. The number of aryl methyl sites for hydroxylation is 3. The number of hydrogen-bond acceptors (Lipinski definition) is 6. The molecular formula is C16H17N3O3S2. The highest BCUT2D eigenvalue weighted by Crippen LogP contribution is 2.29. The number of nitrogens with zero attached hydrogens (tertiary/aromatic N) is 2. The molecule has 2 aromatic heterocycles. The normalized spacial score (nSPS) is 11.6.